The van der Waals surface area contributed by atoms with E-state index in [2.05, 4.69) is 10.6 Å². The summed E-state index contributed by atoms with van der Waals surface area (Å²) in [5.74, 6) is -0.926. The average Bonchev–Trinajstić information content (AvgIpc) is 3.45. The molecule has 1 aliphatic heterocycles. The lowest BCUT2D eigenvalue weighted by Gasteiger charge is -2.40. The molecular weight excluding hydrogens is 702 g/mol. The van der Waals surface area contributed by atoms with E-state index in [1.807, 2.05) is 12.1 Å². The second-order valence-corrected chi connectivity index (χ2v) is 13.5. The maximum atomic E-state index is 14.3. The van der Waals surface area contributed by atoms with Gasteiger partial charge in [0.25, 0.3) is 5.91 Å². The molecule has 1 atom stereocenters. The van der Waals surface area contributed by atoms with Crippen LogP contribution < -0.4 is 21.1 Å². The lowest BCUT2D eigenvalue weighted by molar-refractivity contribution is -0.126. The Morgan fingerprint density at radius 2 is 1.71 bits per heavy atom. The van der Waals surface area contributed by atoms with E-state index in [0.717, 1.165) is 5.56 Å². The van der Waals surface area contributed by atoms with E-state index in [4.69, 9.17) is 45.3 Å². The quantitative estimate of drug-likeness (QED) is 0.0762. The SMILES string of the molecule is NC(=O)C1(NCc2ccc(F)cc2)CCN(C(=O)c2sc(-c3ccc(Cl)cc3Cl)c(-c3ccc(Cl)cc3)c2OCCNC(O)C=O)CC1. The first kappa shape index (κ1) is 35.7. The normalized spacial score (nSPS) is 14.8. The minimum atomic E-state index is -1.37. The van der Waals surface area contributed by atoms with Gasteiger partial charge in [0.1, 0.15) is 22.8 Å². The van der Waals surface area contributed by atoms with E-state index in [1.165, 1.54) is 23.5 Å². The van der Waals surface area contributed by atoms with E-state index in [-0.39, 0.29) is 56.6 Å². The van der Waals surface area contributed by atoms with Gasteiger partial charge in [-0.1, -0.05) is 65.1 Å². The Morgan fingerprint density at radius 3 is 2.33 bits per heavy atom. The van der Waals surface area contributed by atoms with Gasteiger partial charge in [-0.15, -0.1) is 11.3 Å². The van der Waals surface area contributed by atoms with Crippen molar-refractivity contribution in [2.75, 3.05) is 26.2 Å². The summed E-state index contributed by atoms with van der Waals surface area (Å²) < 4.78 is 19.7. The van der Waals surface area contributed by atoms with E-state index >= 15 is 0 Å². The summed E-state index contributed by atoms with van der Waals surface area (Å²) in [7, 11) is 0. The number of amides is 2. The predicted molar refractivity (Wildman–Crippen MR) is 186 cm³/mol. The first-order valence-corrected chi connectivity index (χ1v) is 16.9. The van der Waals surface area contributed by atoms with Gasteiger partial charge in [-0.3, -0.25) is 25.0 Å². The maximum Gasteiger partial charge on any atom is 0.267 e. The molecule has 1 aromatic heterocycles. The van der Waals surface area contributed by atoms with Crippen molar-refractivity contribution in [3.63, 3.8) is 0 Å². The van der Waals surface area contributed by atoms with Crippen LogP contribution in [0.15, 0.2) is 66.7 Å². The summed E-state index contributed by atoms with van der Waals surface area (Å²) in [5.41, 5.74) is 7.54. The Kier molecular flexibility index (Phi) is 11.7. The monoisotopic (exact) mass is 732 g/mol. The maximum absolute atomic E-state index is 14.3. The minimum absolute atomic E-state index is 0.00832. The zero-order chi connectivity index (χ0) is 34.4. The molecule has 0 spiro atoms. The molecule has 0 bridgehead atoms. The number of nitrogens with zero attached hydrogens (tertiary/aromatic N) is 1. The van der Waals surface area contributed by atoms with Crippen molar-refractivity contribution >= 4 is 64.2 Å². The zero-order valence-electron chi connectivity index (χ0n) is 25.5. The second-order valence-electron chi connectivity index (χ2n) is 11.2. The van der Waals surface area contributed by atoms with E-state index in [1.54, 1.807) is 47.4 Å². The molecule has 1 fully saturated rings. The number of hydrogen-bond donors (Lipinski definition) is 4. The number of rotatable bonds is 13. The van der Waals surface area contributed by atoms with Crippen LogP contribution in [-0.2, 0) is 16.1 Å². The Hall–Kier alpha value is -3.55. The highest BCUT2D eigenvalue weighted by Gasteiger charge is 2.41. The molecule has 3 aromatic carbocycles. The first-order chi connectivity index (χ1) is 23.0. The number of piperidine rings is 1. The molecule has 9 nitrogen and oxygen atoms in total. The van der Waals surface area contributed by atoms with Crippen molar-refractivity contribution in [1.82, 2.24) is 15.5 Å². The van der Waals surface area contributed by atoms with Crippen LogP contribution in [0.3, 0.4) is 0 Å². The number of primary amides is 1. The number of nitrogens with one attached hydrogen (secondary N) is 2. The van der Waals surface area contributed by atoms with E-state index < -0.39 is 17.7 Å². The third kappa shape index (κ3) is 8.18. The number of ether oxygens (including phenoxy) is 1. The summed E-state index contributed by atoms with van der Waals surface area (Å²) in [6.07, 6.45) is -0.503. The number of likely N-dealkylation sites (tertiary alicyclic amines) is 1. The fraction of sp³-hybridized carbons (Fsp3) is 0.265. The highest BCUT2D eigenvalue weighted by Crippen LogP contribution is 2.50. The van der Waals surface area contributed by atoms with Crippen molar-refractivity contribution in [1.29, 1.82) is 0 Å². The molecule has 1 aliphatic rings. The van der Waals surface area contributed by atoms with E-state index in [9.17, 15) is 23.9 Å². The lowest BCUT2D eigenvalue weighted by Crippen LogP contribution is -2.61. The van der Waals surface area contributed by atoms with Crippen LogP contribution in [0.4, 0.5) is 4.39 Å². The number of halogens is 4. The van der Waals surface area contributed by atoms with Crippen LogP contribution in [0.2, 0.25) is 15.1 Å². The molecule has 1 unspecified atom stereocenters. The van der Waals surface area contributed by atoms with Crippen molar-refractivity contribution in [3.05, 3.63) is 98.1 Å². The lowest BCUT2D eigenvalue weighted by atomic mass is 9.86. The van der Waals surface area contributed by atoms with Crippen LogP contribution >= 0.6 is 46.1 Å². The Morgan fingerprint density at radius 1 is 1.04 bits per heavy atom. The Labute approximate surface area is 295 Å². The zero-order valence-corrected chi connectivity index (χ0v) is 28.6. The van der Waals surface area contributed by atoms with Crippen molar-refractivity contribution < 1.29 is 28.6 Å². The number of aliphatic hydroxyl groups is 1. The van der Waals surface area contributed by atoms with Crippen molar-refractivity contribution in [3.8, 4) is 27.3 Å². The number of hydrogen-bond acceptors (Lipinski definition) is 8. The number of thiophene rings is 1. The Balaban J connectivity index is 1.49. The summed E-state index contributed by atoms with van der Waals surface area (Å²) in [4.78, 5) is 40.5. The standard InChI is InChI=1S/C34H32Cl3FN4O5S/c35-22-5-3-21(4-6-22)28-29(47-16-13-40-27(44)19-43)31(48-30(28)25-10-7-23(36)17-26(25)37)32(45)42-14-11-34(12-15-42,33(39)46)41-18-20-1-8-24(38)9-2-20/h1-10,17,19,27,40-41,44H,11-16,18H2,(H2,39,46). The van der Waals surface area contributed by atoms with Crippen LogP contribution in [0.1, 0.15) is 28.1 Å². The highest BCUT2D eigenvalue weighted by molar-refractivity contribution is 7.18. The minimum Gasteiger partial charge on any atom is -0.490 e. The number of aliphatic hydroxyl groups excluding tert-OH is 1. The van der Waals surface area contributed by atoms with Crippen LogP contribution in [0, 0.1) is 5.82 Å². The van der Waals surface area contributed by atoms with Gasteiger partial charge in [0.2, 0.25) is 5.91 Å². The van der Waals surface area contributed by atoms with Gasteiger partial charge in [0.15, 0.2) is 18.3 Å². The summed E-state index contributed by atoms with van der Waals surface area (Å²) in [6.45, 7) is 0.841. The van der Waals surface area contributed by atoms with Crippen molar-refractivity contribution in [2.45, 2.75) is 31.2 Å². The molecule has 252 valence electrons. The molecule has 14 heteroatoms. The Bertz CT molecular complexity index is 1780. The van der Waals surface area contributed by atoms with E-state index in [0.29, 0.717) is 54.3 Å². The smallest absolute Gasteiger partial charge is 0.267 e. The van der Waals surface area contributed by atoms with Crippen LogP contribution in [0.25, 0.3) is 21.6 Å². The molecule has 48 heavy (non-hydrogen) atoms. The third-order valence-corrected chi connectivity index (χ3v) is 10.1. The van der Waals surface area contributed by atoms with Crippen LogP contribution in [-0.4, -0.2) is 66.1 Å². The molecule has 5 N–H and O–H groups in total. The van der Waals surface area contributed by atoms with Gasteiger partial charge >= 0.3 is 0 Å². The number of carbonyl (C=O) groups excluding carboxylic acids is 3. The molecular formula is C34H32Cl3FN4O5S. The summed E-state index contributed by atoms with van der Waals surface area (Å²) in [6, 6.07) is 18.1. The number of carbonyl (C=O) groups is 3. The number of aldehydes is 1. The predicted octanol–water partition coefficient (Wildman–Crippen LogP) is 5.92. The van der Waals surface area contributed by atoms with Gasteiger partial charge < -0.3 is 20.5 Å². The number of benzene rings is 3. The van der Waals surface area contributed by atoms with Gasteiger partial charge in [-0.2, -0.15) is 0 Å². The molecule has 5 rings (SSSR count). The second kappa shape index (κ2) is 15.8. The molecule has 0 saturated carbocycles. The van der Waals surface area contributed by atoms with Gasteiger partial charge in [0, 0.05) is 52.2 Å². The number of nitrogens with two attached hydrogens (primary N) is 1. The summed E-state index contributed by atoms with van der Waals surface area (Å²) >= 11 is 20.3. The molecule has 1 saturated heterocycles. The van der Waals surface area contributed by atoms with Gasteiger partial charge in [0.05, 0.1) is 5.02 Å². The highest BCUT2D eigenvalue weighted by atomic mass is 35.5. The first-order valence-electron chi connectivity index (χ1n) is 15.0. The van der Waals surface area contributed by atoms with Gasteiger partial charge in [-0.25, -0.2) is 4.39 Å². The fourth-order valence-corrected chi connectivity index (χ4v) is 7.42. The molecule has 4 aromatic rings. The van der Waals surface area contributed by atoms with Gasteiger partial charge in [-0.05, 0) is 60.4 Å². The fourth-order valence-electron chi connectivity index (χ4n) is 5.46. The molecule has 2 heterocycles. The average molecular weight is 734 g/mol. The molecule has 0 aliphatic carbocycles. The molecule has 0 radical (unpaired) electrons. The largest absolute Gasteiger partial charge is 0.490 e. The third-order valence-electron chi connectivity index (χ3n) is 8.12. The topological polar surface area (TPSA) is 134 Å². The van der Waals surface area contributed by atoms with Crippen molar-refractivity contribution in [2.24, 2.45) is 5.73 Å². The summed E-state index contributed by atoms with van der Waals surface area (Å²) in [5, 5.41) is 16.9. The van der Waals surface area contributed by atoms with Crippen LogP contribution in [0.5, 0.6) is 5.75 Å². The molecule has 2 amide bonds.